The van der Waals surface area contributed by atoms with Crippen LogP contribution >= 0.6 is 0 Å². The minimum atomic E-state index is -3.99. The van der Waals surface area contributed by atoms with Gasteiger partial charge in [-0.1, -0.05) is 60.7 Å². The maximum Gasteiger partial charge on any atom is 0.239 e. The summed E-state index contributed by atoms with van der Waals surface area (Å²) in [6.07, 6.45) is 0. The highest BCUT2D eigenvalue weighted by Crippen LogP contribution is 2.38. The Kier molecular flexibility index (Phi) is 7.41. The van der Waals surface area contributed by atoms with E-state index in [0.29, 0.717) is 26.2 Å². The molecule has 0 radical (unpaired) electrons. The molecule has 2 aromatic carbocycles. The standard InChI is InChI=1S/C27H30F2N4O3S/c1-36-18-16-32-17-19-37(34,35)25-22(28)27(30-26(29)24(25)32)33-14-12-31(13-15-33)23(20-8-4-2-5-9-20)21-10-6-3-7-11-21/h2-11,23H,12-19H2,1H3. The molecule has 0 unspecified atom stereocenters. The van der Waals surface area contributed by atoms with Crippen molar-refractivity contribution in [1.82, 2.24) is 9.88 Å². The average molecular weight is 529 g/mol. The van der Waals surface area contributed by atoms with Crippen molar-refractivity contribution in [2.75, 3.05) is 68.5 Å². The molecule has 0 atom stereocenters. The molecular weight excluding hydrogens is 498 g/mol. The highest BCUT2D eigenvalue weighted by atomic mass is 32.2. The number of ether oxygens (including phenoxy) is 1. The number of pyridine rings is 1. The lowest BCUT2D eigenvalue weighted by Crippen LogP contribution is -2.49. The van der Waals surface area contributed by atoms with Gasteiger partial charge in [-0.25, -0.2) is 12.8 Å². The average Bonchev–Trinajstić information content (AvgIpc) is 2.91. The van der Waals surface area contributed by atoms with Crippen LogP contribution in [0.3, 0.4) is 0 Å². The van der Waals surface area contributed by atoms with Gasteiger partial charge in [0.1, 0.15) is 10.6 Å². The smallest absolute Gasteiger partial charge is 0.239 e. The predicted octanol–water partition coefficient (Wildman–Crippen LogP) is 3.51. The summed E-state index contributed by atoms with van der Waals surface area (Å²) in [5.74, 6) is -2.48. The van der Waals surface area contributed by atoms with E-state index < -0.39 is 26.5 Å². The van der Waals surface area contributed by atoms with Gasteiger partial charge < -0.3 is 14.5 Å². The normalized spacial score (nSPS) is 17.7. The van der Waals surface area contributed by atoms with Crippen LogP contribution < -0.4 is 9.80 Å². The molecule has 10 heteroatoms. The number of piperazine rings is 1. The number of methoxy groups -OCH3 is 1. The van der Waals surface area contributed by atoms with Crippen LogP contribution in [0, 0.1) is 11.8 Å². The third kappa shape index (κ3) is 5.05. The highest BCUT2D eigenvalue weighted by molar-refractivity contribution is 7.91. The number of halogens is 2. The molecule has 0 amide bonds. The first-order chi connectivity index (χ1) is 17.9. The number of benzene rings is 2. The van der Waals surface area contributed by atoms with Crippen molar-refractivity contribution in [2.45, 2.75) is 10.9 Å². The zero-order valence-corrected chi connectivity index (χ0v) is 21.5. The second-order valence-corrected chi connectivity index (χ2v) is 11.3. The molecule has 3 heterocycles. The first kappa shape index (κ1) is 25.6. The van der Waals surface area contributed by atoms with Gasteiger partial charge in [-0.05, 0) is 11.1 Å². The molecule has 1 aromatic heterocycles. The van der Waals surface area contributed by atoms with E-state index in [2.05, 4.69) is 34.1 Å². The zero-order valence-electron chi connectivity index (χ0n) is 20.7. The lowest BCUT2D eigenvalue weighted by atomic mass is 9.96. The third-order valence-corrected chi connectivity index (χ3v) is 8.76. The molecule has 2 aliphatic rings. The molecule has 2 aliphatic heterocycles. The monoisotopic (exact) mass is 528 g/mol. The Balaban J connectivity index is 1.43. The van der Waals surface area contributed by atoms with E-state index >= 15 is 8.78 Å². The summed E-state index contributed by atoms with van der Waals surface area (Å²) in [4.78, 5) is 8.79. The molecule has 1 saturated heterocycles. The number of anilines is 2. The first-order valence-electron chi connectivity index (χ1n) is 12.3. The number of sulfone groups is 1. The molecule has 3 aromatic rings. The number of aromatic nitrogens is 1. The van der Waals surface area contributed by atoms with E-state index in [4.69, 9.17) is 4.74 Å². The Hall–Kier alpha value is -3.08. The summed E-state index contributed by atoms with van der Waals surface area (Å²) in [6.45, 7) is 2.47. The second kappa shape index (κ2) is 10.7. The number of hydrogen-bond donors (Lipinski definition) is 0. The molecule has 1 fully saturated rings. The Morgan fingerprint density at radius 3 is 2.08 bits per heavy atom. The lowest BCUT2D eigenvalue weighted by Gasteiger charge is -2.40. The van der Waals surface area contributed by atoms with Gasteiger partial charge >= 0.3 is 0 Å². The minimum absolute atomic E-state index is 0.0114. The fourth-order valence-corrected chi connectivity index (χ4v) is 6.74. The lowest BCUT2D eigenvalue weighted by molar-refractivity contribution is 0.205. The van der Waals surface area contributed by atoms with E-state index in [1.165, 1.54) is 12.0 Å². The van der Waals surface area contributed by atoms with Crippen molar-refractivity contribution in [2.24, 2.45) is 0 Å². The van der Waals surface area contributed by atoms with Crippen molar-refractivity contribution < 1.29 is 21.9 Å². The molecule has 196 valence electrons. The summed E-state index contributed by atoms with van der Waals surface area (Å²) < 4.78 is 61.8. The molecule has 0 N–H and O–H groups in total. The van der Waals surface area contributed by atoms with Crippen molar-refractivity contribution >= 4 is 21.3 Å². The van der Waals surface area contributed by atoms with Crippen LogP contribution in [0.4, 0.5) is 20.3 Å². The molecule has 0 spiro atoms. The Morgan fingerprint density at radius 2 is 1.51 bits per heavy atom. The van der Waals surface area contributed by atoms with Crippen LogP contribution in [0.25, 0.3) is 0 Å². The first-order valence-corrected chi connectivity index (χ1v) is 14.0. The molecule has 0 bridgehead atoms. The van der Waals surface area contributed by atoms with Gasteiger partial charge in [-0.2, -0.15) is 9.37 Å². The number of fused-ring (bicyclic) bond motifs is 1. The van der Waals surface area contributed by atoms with E-state index in [-0.39, 0.29) is 43.0 Å². The van der Waals surface area contributed by atoms with Crippen molar-refractivity contribution in [3.05, 3.63) is 83.6 Å². The quantitative estimate of drug-likeness (QED) is 0.435. The van der Waals surface area contributed by atoms with Crippen LogP contribution in [0.1, 0.15) is 17.2 Å². The van der Waals surface area contributed by atoms with E-state index in [9.17, 15) is 8.42 Å². The minimum Gasteiger partial charge on any atom is -0.383 e. The van der Waals surface area contributed by atoms with Gasteiger partial charge in [0, 0.05) is 46.4 Å². The summed E-state index contributed by atoms with van der Waals surface area (Å²) in [6, 6.07) is 20.3. The van der Waals surface area contributed by atoms with Crippen LogP contribution in [0.5, 0.6) is 0 Å². The Bertz CT molecular complexity index is 1300. The van der Waals surface area contributed by atoms with Crippen molar-refractivity contribution in [3.63, 3.8) is 0 Å². The van der Waals surface area contributed by atoms with Gasteiger partial charge in [0.25, 0.3) is 0 Å². The van der Waals surface area contributed by atoms with Gasteiger partial charge in [0.15, 0.2) is 21.5 Å². The van der Waals surface area contributed by atoms with Gasteiger partial charge in [-0.3, -0.25) is 4.90 Å². The maximum absolute atomic E-state index is 15.8. The maximum atomic E-state index is 15.8. The second-order valence-electron chi connectivity index (χ2n) is 9.26. The number of hydrogen-bond acceptors (Lipinski definition) is 7. The molecule has 0 aliphatic carbocycles. The third-order valence-electron chi connectivity index (χ3n) is 7.04. The van der Waals surface area contributed by atoms with Crippen molar-refractivity contribution in [1.29, 1.82) is 0 Å². The molecule has 7 nitrogen and oxygen atoms in total. The van der Waals surface area contributed by atoms with Crippen LogP contribution in [-0.2, 0) is 14.6 Å². The molecule has 5 rings (SSSR count). The SMILES string of the molecule is COCCN1CCS(=O)(=O)c2c(F)c(N3CCN(C(c4ccccc4)c4ccccc4)CC3)nc(F)c21. The fraction of sp³-hybridized carbons (Fsp3) is 0.370. The van der Waals surface area contributed by atoms with Crippen LogP contribution in [0.2, 0.25) is 0 Å². The molecular formula is C27H30F2N4O3S. The Labute approximate surface area is 216 Å². The Morgan fingerprint density at radius 1 is 0.919 bits per heavy atom. The van der Waals surface area contributed by atoms with E-state index in [1.54, 1.807) is 4.90 Å². The summed E-state index contributed by atoms with van der Waals surface area (Å²) in [5, 5.41) is 0. The van der Waals surface area contributed by atoms with Gasteiger partial charge in [-0.15, -0.1) is 0 Å². The molecule has 0 saturated carbocycles. The van der Waals surface area contributed by atoms with Gasteiger partial charge in [0.2, 0.25) is 5.95 Å². The highest BCUT2D eigenvalue weighted by Gasteiger charge is 2.38. The topological polar surface area (TPSA) is 66.0 Å². The predicted molar refractivity (Wildman–Crippen MR) is 139 cm³/mol. The number of rotatable bonds is 7. The van der Waals surface area contributed by atoms with Crippen molar-refractivity contribution in [3.8, 4) is 0 Å². The zero-order chi connectivity index (χ0) is 26.0. The largest absolute Gasteiger partial charge is 0.383 e. The molecule has 37 heavy (non-hydrogen) atoms. The van der Waals surface area contributed by atoms with E-state index in [1.807, 2.05) is 36.4 Å². The van der Waals surface area contributed by atoms with Gasteiger partial charge in [0.05, 0.1) is 18.4 Å². The van der Waals surface area contributed by atoms with E-state index in [0.717, 1.165) is 11.1 Å². The fourth-order valence-electron chi connectivity index (χ4n) is 5.21. The van der Waals surface area contributed by atoms with Crippen LogP contribution in [-0.4, -0.2) is 77.0 Å². The number of nitrogens with zero attached hydrogens (tertiary/aromatic N) is 4. The summed E-state index contributed by atoms with van der Waals surface area (Å²) >= 11 is 0. The summed E-state index contributed by atoms with van der Waals surface area (Å²) in [7, 11) is -2.49. The van der Waals surface area contributed by atoms with Crippen LogP contribution in [0.15, 0.2) is 65.6 Å². The summed E-state index contributed by atoms with van der Waals surface area (Å²) in [5.41, 5.74) is 2.00.